The largest absolute Gasteiger partial charge is 0.493 e. The van der Waals surface area contributed by atoms with E-state index in [1.54, 1.807) is 12.1 Å². The van der Waals surface area contributed by atoms with Crippen LogP contribution in [0, 0.1) is 5.82 Å². The van der Waals surface area contributed by atoms with Crippen LogP contribution in [0.25, 0.3) is 0 Å². The fraction of sp³-hybridized carbons (Fsp3) is 0.400. The van der Waals surface area contributed by atoms with Gasteiger partial charge in [0.2, 0.25) is 6.29 Å². The van der Waals surface area contributed by atoms with Gasteiger partial charge in [0, 0.05) is 6.42 Å². The van der Waals surface area contributed by atoms with Gasteiger partial charge in [-0.2, -0.15) is 0 Å². The number of halogens is 1. The summed E-state index contributed by atoms with van der Waals surface area (Å²) in [6.45, 7) is -0.224. The third-order valence-electron chi connectivity index (χ3n) is 4.52. The molecule has 4 N–H and O–H groups in total. The Balaban J connectivity index is 1.64. The van der Waals surface area contributed by atoms with Crippen molar-refractivity contribution in [3.8, 4) is 11.5 Å². The van der Waals surface area contributed by atoms with Gasteiger partial charge in [-0.1, -0.05) is 18.2 Å². The maximum Gasteiger partial charge on any atom is 0.229 e. The van der Waals surface area contributed by atoms with Gasteiger partial charge < -0.3 is 34.6 Å². The highest BCUT2D eigenvalue weighted by Crippen LogP contribution is 2.27. The molecule has 8 heteroatoms. The van der Waals surface area contributed by atoms with Crippen LogP contribution in [0.2, 0.25) is 0 Å². The molecule has 1 unspecified atom stereocenters. The van der Waals surface area contributed by atoms with E-state index in [0.29, 0.717) is 24.5 Å². The zero-order valence-electron chi connectivity index (χ0n) is 15.0. The molecule has 2 aromatic rings. The first kappa shape index (κ1) is 20.5. The van der Waals surface area contributed by atoms with Gasteiger partial charge in [0.25, 0.3) is 0 Å². The zero-order valence-corrected chi connectivity index (χ0v) is 15.0. The molecule has 28 heavy (non-hydrogen) atoms. The van der Waals surface area contributed by atoms with Crippen LogP contribution in [0.4, 0.5) is 4.39 Å². The lowest BCUT2D eigenvalue weighted by Crippen LogP contribution is -2.60. The van der Waals surface area contributed by atoms with E-state index in [1.807, 2.05) is 12.1 Å². The summed E-state index contributed by atoms with van der Waals surface area (Å²) >= 11 is 0. The standard InChI is InChI=1S/C20H23FO7/c21-13-5-7-14(8-6-13)26-10-9-12-3-1-2-4-15(12)27-20-19(25)18(24)17(23)16(11-22)28-20/h1-8,16-20,22-25H,9-11H2/t16-,17-,18+,19-,20?/m1/s1. The topological polar surface area (TPSA) is 109 Å². The summed E-state index contributed by atoms with van der Waals surface area (Å²) in [6, 6.07) is 12.7. The first-order valence-corrected chi connectivity index (χ1v) is 8.93. The summed E-state index contributed by atoms with van der Waals surface area (Å²) in [5, 5.41) is 39.1. The molecule has 1 aliphatic rings. The smallest absolute Gasteiger partial charge is 0.229 e. The number of aliphatic hydroxyl groups excluding tert-OH is 4. The van der Waals surface area contributed by atoms with Crippen LogP contribution in [0.15, 0.2) is 48.5 Å². The van der Waals surface area contributed by atoms with E-state index in [-0.39, 0.29) is 5.82 Å². The van der Waals surface area contributed by atoms with Crippen molar-refractivity contribution < 1.29 is 39.0 Å². The fourth-order valence-corrected chi connectivity index (χ4v) is 2.92. The van der Waals surface area contributed by atoms with Gasteiger partial charge in [0.05, 0.1) is 13.2 Å². The predicted octanol–water partition coefficient (Wildman–Crippen LogP) is 0.626. The average molecular weight is 394 g/mol. The van der Waals surface area contributed by atoms with Gasteiger partial charge in [-0.15, -0.1) is 0 Å². The molecule has 2 aromatic carbocycles. The third kappa shape index (κ3) is 4.78. The molecule has 1 fully saturated rings. The monoisotopic (exact) mass is 394 g/mol. The van der Waals surface area contributed by atoms with Gasteiger partial charge in [-0.3, -0.25) is 0 Å². The molecule has 5 atom stereocenters. The van der Waals surface area contributed by atoms with E-state index in [9.17, 15) is 24.8 Å². The minimum Gasteiger partial charge on any atom is -0.493 e. The number of benzene rings is 2. The average Bonchev–Trinajstić information content (AvgIpc) is 2.71. The van der Waals surface area contributed by atoms with Crippen molar-refractivity contribution in [3.63, 3.8) is 0 Å². The Kier molecular flexibility index (Phi) is 6.82. The van der Waals surface area contributed by atoms with Gasteiger partial charge in [0.1, 0.15) is 41.7 Å². The van der Waals surface area contributed by atoms with Crippen molar-refractivity contribution >= 4 is 0 Å². The van der Waals surface area contributed by atoms with Crippen molar-refractivity contribution in [1.82, 2.24) is 0 Å². The van der Waals surface area contributed by atoms with Crippen molar-refractivity contribution in [2.75, 3.05) is 13.2 Å². The maximum atomic E-state index is 12.9. The minimum atomic E-state index is -1.51. The van der Waals surface area contributed by atoms with E-state index in [0.717, 1.165) is 5.56 Å². The summed E-state index contributed by atoms with van der Waals surface area (Å²) in [5.74, 6) is 0.605. The number of hydrogen-bond acceptors (Lipinski definition) is 7. The van der Waals surface area contributed by atoms with Crippen LogP contribution in [-0.4, -0.2) is 64.3 Å². The fourth-order valence-electron chi connectivity index (χ4n) is 2.92. The number of hydrogen-bond donors (Lipinski definition) is 4. The molecule has 0 saturated carbocycles. The van der Waals surface area contributed by atoms with Crippen LogP contribution in [0.5, 0.6) is 11.5 Å². The predicted molar refractivity (Wildman–Crippen MR) is 96.4 cm³/mol. The molecule has 0 spiro atoms. The van der Waals surface area contributed by atoms with E-state index < -0.39 is 37.3 Å². The quantitative estimate of drug-likeness (QED) is 0.545. The third-order valence-corrected chi connectivity index (χ3v) is 4.52. The van der Waals surface area contributed by atoms with E-state index >= 15 is 0 Å². The molecule has 1 aliphatic heterocycles. The summed E-state index contributed by atoms with van der Waals surface area (Å²) in [5.41, 5.74) is 0.765. The number of ether oxygens (including phenoxy) is 3. The van der Waals surface area contributed by atoms with Crippen molar-refractivity contribution in [2.24, 2.45) is 0 Å². The Hall–Kier alpha value is -2.23. The molecule has 0 bridgehead atoms. The van der Waals surface area contributed by atoms with Gasteiger partial charge >= 0.3 is 0 Å². The van der Waals surface area contributed by atoms with Crippen LogP contribution in [0.1, 0.15) is 5.56 Å². The lowest BCUT2D eigenvalue weighted by atomic mass is 9.99. The van der Waals surface area contributed by atoms with Gasteiger partial charge in [-0.05, 0) is 35.9 Å². The maximum absolute atomic E-state index is 12.9. The summed E-state index contributed by atoms with van der Waals surface area (Å²) in [4.78, 5) is 0. The first-order valence-electron chi connectivity index (χ1n) is 8.93. The van der Waals surface area contributed by atoms with E-state index in [4.69, 9.17) is 14.2 Å². The zero-order chi connectivity index (χ0) is 20.1. The second-order valence-corrected chi connectivity index (χ2v) is 6.48. The highest BCUT2D eigenvalue weighted by Gasteiger charge is 2.44. The molecular weight excluding hydrogens is 371 g/mol. The Labute approximate surface area is 161 Å². The molecular formula is C20H23FO7. The van der Waals surface area contributed by atoms with Crippen molar-refractivity contribution in [3.05, 3.63) is 59.9 Å². The molecule has 0 aromatic heterocycles. The van der Waals surface area contributed by atoms with E-state index in [2.05, 4.69) is 0 Å². The summed E-state index contributed by atoms with van der Waals surface area (Å²) in [7, 11) is 0. The van der Waals surface area contributed by atoms with Crippen LogP contribution < -0.4 is 9.47 Å². The molecule has 0 radical (unpaired) electrons. The van der Waals surface area contributed by atoms with Gasteiger partial charge in [0.15, 0.2) is 0 Å². The molecule has 152 valence electrons. The normalized spacial score (nSPS) is 27.4. The lowest BCUT2D eigenvalue weighted by Gasteiger charge is -2.39. The SMILES string of the molecule is OC[C@H]1OC(Oc2ccccc2CCOc2ccc(F)cc2)[C@H](O)[C@@H](O)[C@@H]1O. The minimum absolute atomic E-state index is 0.306. The second-order valence-electron chi connectivity index (χ2n) is 6.48. The van der Waals surface area contributed by atoms with Crippen molar-refractivity contribution in [2.45, 2.75) is 37.1 Å². The highest BCUT2D eigenvalue weighted by molar-refractivity contribution is 5.34. The Morgan fingerprint density at radius 3 is 2.36 bits per heavy atom. The molecule has 3 rings (SSSR count). The lowest BCUT2D eigenvalue weighted by molar-refractivity contribution is -0.277. The Morgan fingerprint density at radius 1 is 0.929 bits per heavy atom. The number of rotatable bonds is 7. The second kappa shape index (κ2) is 9.31. The summed E-state index contributed by atoms with van der Waals surface area (Å²) in [6.07, 6.45) is -6.28. The Bertz CT molecular complexity index is 752. The van der Waals surface area contributed by atoms with Crippen molar-refractivity contribution in [1.29, 1.82) is 0 Å². The number of aliphatic hydroxyl groups is 4. The van der Waals surface area contributed by atoms with Gasteiger partial charge in [-0.25, -0.2) is 4.39 Å². The van der Waals surface area contributed by atoms with E-state index in [1.165, 1.54) is 24.3 Å². The number of para-hydroxylation sites is 1. The van der Waals surface area contributed by atoms with Crippen LogP contribution in [-0.2, 0) is 11.2 Å². The Morgan fingerprint density at radius 2 is 1.64 bits per heavy atom. The molecule has 1 saturated heterocycles. The highest BCUT2D eigenvalue weighted by atomic mass is 19.1. The molecule has 0 aliphatic carbocycles. The van der Waals surface area contributed by atoms with Crippen LogP contribution >= 0.6 is 0 Å². The molecule has 1 heterocycles. The molecule has 0 amide bonds. The summed E-state index contributed by atoms with van der Waals surface area (Å²) < 4.78 is 29.6. The molecule has 7 nitrogen and oxygen atoms in total. The first-order chi connectivity index (χ1) is 13.5. The van der Waals surface area contributed by atoms with Crippen LogP contribution in [0.3, 0.4) is 0 Å².